The van der Waals surface area contributed by atoms with Crippen molar-refractivity contribution < 1.29 is 4.79 Å². The number of nitrogens with zero attached hydrogens (tertiary/aromatic N) is 1. The zero-order valence-corrected chi connectivity index (χ0v) is 10.5. The molecule has 2 heterocycles. The number of amides is 1. The number of hydrogen-bond acceptors (Lipinski definition) is 3. The normalized spacial score (nSPS) is 21.7. The molecule has 0 saturated carbocycles. The molecule has 0 spiro atoms. The van der Waals surface area contributed by atoms with E-state index in [0.29, 0.717) is 13.1 Å². The molecule has 0 unspecified atom stereocenters. The molecular formula is C14H19N3O. The van der Waals surface area contributed by atoms with E-state index in [2.05, 4.69) is 17.4 Å². The summed E-state index contributed by atoms with van der Waals surface area (Å²) in [6.07, 6.45) is 1.47. The summed E-state index contributed by atoms with van der Waals surface area (Å²) in [4.78, 5) is 14.5. The molecule has 1 aromatic carbocycles. The Morgan fingerprint density at radius 2 is 1.72 bits per heavy atom. The van der Waals surface area contributed by atoms with Crippen molar-refractivity contribution in [2.75, 3.05) is 13.1 Å². The molecule has 3 N–H and O–H groups in total. The number of carbonyl (C=O) groups excluding carboxylic acids is 1. The highest BCUT2D eigenvalue weighted by Crippen LogP contribution is 2.27. The Morgan fingerprint density at radius 1 is 1.17 bits per heavy atom. The van der Waals surface area contributed by atoms with Crippen LogP contribution in [-0.2, 0) is 17.9 Å². The smallest absolute Gasteiger partial charge is 0.243 e. The molecule has 1 saturated heterocycles. The maximum absolute atomic E-state index is 12.6. The highest BCUT2D eigenvalue weighted by molar-refractivity contribution is 5.86. The number of benzene rings is 1. The summed E-state index contributed by atoms with van der Waals surface area (Å²) in [5.41, 5.74) is 8.13. The van der Waals surface area contributed by atoms with E-state index < -0.39 is 5.54 Å². The summed E-state index contributed by atoms with van der Waals surface area (Å²) < 4.78 is 0. The van der Waals surface area contributed by atoms with Gasteiger partial charge in [-0.2, -0.15) is 0 Å². The lowest BCUT2D eigenvalue weighted by Crippen LogP contribution is -2.58. The van der Waals surface area contributed by atoms with E-state index in [0.717, 1.165) is 25.9 Å². The molecule has 0 aliphatic carbocycles. The first-order valence-corrected chi connectivity index (χ1v) is 6.55. The minimum absolute atomic E-state index is 0.111. The van der Waals surface area contributed by atoms with Crippen molar-refractivity contribution in [1.29, 1.82) is 0 Å². The van der Waals surface area contributed by atoms with Crippen molar-refractivity contribution in [1.82, 2.24) is 10.2 Å². The van der Waals surface area contributed by atoms with E-state index >= 15 is 0 Å². The van der Waals surface area contributed by atoms with Gasteiger partial charge in [0.15, 0.2) is 0 Å². The number of piperidine rings is 1. The SMILES string of the molecule is NC1(C(=O)N2Cc3ccccc3C2)CCNCC1. The molecule has 2 aliphatic heterocycles. The minimum atomic E-state index is -0.659. The van der Waals surface area contributed by atoms with Gasteiger partial charge in [-0.05, 0) is 37.1 Å². The monoisotopic (exact) mass is 245 g/mol. The van der Waals surface area contributed by atoms with Crippen LogP contribution in [0.25, 0.3) is 0 Å². The fourth-order valence-corrected chi connectivity index (χ4v) is 2.88. The Labute approximate surface area is 107 Å². The van der Waals surface area contributed by atoms with Crippen LogP contribution in [0.3, 0.4) is 0 Å². The van der Waals surface area contributed by atoms with Crippen LogP contribution in [-0.4, -0.2) is 29.4 Å². The number of hydrogen-bond donors (Lipinski definition) is 2. The largest absolute Gasteiger partial charge is 0.332 e. The molecule has 1 aromatic rings. The molecule has 0 aromatic heterocycles. The van der Waals surface area contributed by atoms with Gasteiger partial charge in [-0.1, -0.05) is 24.3 Å². The lowest BCUT2D eigenvalue weighted by molar-refractivity contribution is -0.138. The van der Waals surface area contributed by atoms with Gasteiger partial charge in [0.1, 0.15) is 0 Å². The zero-order chi connectivity index (χ0) is 12.6. The highest BCUT2D eigenvalue weighted by atomic mass is 16.2. The highest BCUT2D eigenvalue weighted by Gasteiger charge is 2.39. The van der Waals surface area contributed by atoms with Gasteiger partial charge in [0.2, 0.25) is 5.91 Å². The maximum Gasteiger partial charge on any atom is 0.243 e. The average Bonchev–Trinajstić information content (AvgIpc) is 2.82. The van der Waals surface area contributed by atoms with Crippen molar-refractivity contribution in [3.8, 4) is 0 Å². The van der Waals surface area contributed by atoms with Crippen molar-refractivity contribution >= 4 is 5.91 Å². The van der Waals surface area contributed by atoms with Gasteiger partial charge in [0, 0.05) is 13.1 Å². The van der Waals surface area contributed by atoms with Crippen LogP contribution in [0, 0.1) is 0 Å². The summed E-state index contributed by atoms with van der Waals surface area (Å²) in [6.45, 7) is 3.09. The summed E-state index contributed by atoms with van der Waals surface area (Å²) in [6, 6.07) is 8.23. The van der Waals surface area contributed by atoms with E-state index in [1.54, 1.807) is 0 Å². The second-order valence-corrected chi connectivity index (χ2v) is 5.34. The molecule has 18 heavy (non-hydrogen) atoms. The van der Waals surface area contributed by atoms with Gasteiger partial charge in [0.25, 0.3) is 0 Å². The molecule has 96 valence electrons. The van der Waals surface area contributed by atoms with Crippen LogP contribution < -0.4 is 11.1 Å². The lowest BCUT2D eigenvalue weighted by Gasteiger charge is -2.35. The number of carbonyl (C=O) groups is 1. The molecule has 1 amide bonds. The predicted octanol–water partition coefficient (Wildman–Crippen LogP) is 0.610. The Bertz CT molecular complexity index is 441. The van der Waals surface area contributed by atoms with E-state index in [-0.39, 0.29) is 5.91 Å². The molecule has 3 rings (SSSR count). The molecular weight excluding hydrogens is 226 g/mol. The molecule has 1 fully saturated rings. The fourth-order valence-electron chi connectivity index (χ4n) is 2.88. The number of rotatable bonds is 1. The third-order valence-electron chi connectivity index (χ3n) is 4.05. The van der Waals surface area contributed by atoms with Gasteiger partial charge >= 0.3 is 0 Å². The Kier molecular flexibility index (Phi) is 2.84. The number of nitrogens with one attached hydrogen (secondary N) is 1. The molecule has 4 nitrogen and oxygen atoms in total. The van der Waals surface area contributed by atoms with Gasteiger partial charge in [-0.25, -0.2) is 0 Å². The van der Waals surface area contributed by atoms with E-state index in [1.807, 2.05) is 17.0 Å². The van der Waals surface area contributed by atoms with E-state index in [1.165, 1.54) is 11.1 Å². The third-order valence-corrected chi connectivity index (χ3v) is 4.05. The average molecular weight is 245 g/mol. The van der Waals surface area contributed by atoms with Gasteiger partial charge in [-0.15, -0.1) is 0 Å². The molecule has 2 aliphatic rings. The molecule has 4 heteroatoms. The third kappa shape index (κ3) is 1.91. The molecule has 0 radical (unpaired) electrons. The predicted molar refractivity (Wildman–Crippen MR) is 69.7 cm³/mol. The van der Waals surface area contributed by atoms with Crippen molar-refractivity contribution in [2.45, 2.75) is 31.5 Å². The van der Waals surface area contributed by atoms with E-state index in [4.69, 9.17) is 5.73 Å². The number of fused-ring (bicyclic) bond motifs is 1. The Morgan fingerprint density at radius 3 is 2.28 bits per heavy atom. The molecule has 0 atom stereocenters. The quantitative estimate of drug-likeness (QED) is 0.762. The van der Waals surface area contributed by atoms with E-state index in [9.17, 15) is 4.79 Å². The van der Waals surface area contributed by atoms with Crippen LogP contribution >= 0.6 is 0 Å². The van der Waals surface area contributed by atoms with Crippen molar-refractivity contribution in [2.24, 2.45) is 5.73 Å². The number of nitrogens with two attached hydrogens (primary N) is 1. The summed E-state index contributed by atoms with van der Waals surface area (Å²) >= 11 is 0. The minimum Gasteiger partial charge on any atom is -0.332 e. The summed E-state index contributed by atoms with van der Waals surface area (Å²) in [5.74, 6) is 0.111. The van der Waals surface area contributed by atoms with Crippen LogP contribution in [0.15, 0.2) is 24.3 Å². The zero-order valence-electron chi connectivity index (χ0n) is 10.5. The lowest BCUT2D eigenvalue weighted by atomic mass is 9.88. The fraction of sp³-hybridized carbons (Fsp3) is 0.500. The van der Waals surface area contributed by atoms with Gasteiger partial charge in [-0.3, -0.25) is 4.79 Å². The second kappa shape index (κ2) is 4.37. The first-order valence-electron chi connectivity index (χ1n) is 6.55. The van der Waals surface area contributed by atoms with Crippen LogP contribution in [0.4, 0.5) is 0 Å². The van der Waals surface area contributed by atoms with Crippen molar-refractivity contribution in [3.05, 3.63) is 35.4 Å². The molecule has 0 bridgehead atoms. The summed E-state index contributed by atoms with van der Waals surface area (Å²) in [5, 5.41) is 3.25. The Balaban J connectivity index is 1.76. The second-order valence-electron chi connectivity index (χ2n) is 5.34. The van der Waals surface area contributed by atoms with Crippen molar-refractivity contribution in [3.63, 3.8) is 0 Å². The van der Waals surface area contributed by atoms with Gasteiger partial charge in [0.05, 0.1) is 5.54 Å². The van der Waals surface area contributed by atoms with Gasteiger partial charge < -0.3 is 16.0 Å². The first-order chi connectivity index (χ1) is 8.69. The van der Waals surface area contributed by atoms with Crippen LogP contribution in [0.1, 0.15) is 24.0 Å². The Hall–Kier alpha value is -1.39. The standard InChI is InChI=1S/C14H19N3O/c15-14(5-7-16-8-6-14)13(18)17-9-11-3-1-2-4-12(11)10-17/h1-4,16H,5-10,15H2. The van der Waals surface area contributed by atoms with Crippen LogP contribution in [0.2, 0.25) is 0 Å². The topological polar surface area (TPSA) is 58.4 Å². The summed E-state index contributed by atoms with van der Waals surface area (Å²) in [7, 11) is 0. The maximum atomic E-state index is 12.6. The van der Waals surface area contributed by atoms with Crippen LogP contribution in [0.5, 0.6) is 0 Å². The first kappa shape index (κ1) is 11.7.